The van der Waals surface area contributed by atoms with E-state index in [0.29, 0.717) is 13.1 Å². The number of aryl methyl sites for hydroxylation is 2. The normalized spacial score (nSPS) is 16.5. The molecule has 3 rings (SSSR count). The molecule has 0 bridgehead atoms. The van der Waals surface area contributed by atoms with Crippen LogP contribution in [0.3, 0.4) is 0 Å². The summed E-state index contributed by atoms with van der Waals surface area (Å²) in [5.74, 6) is 0.983. The maximum atomic E-state index is 12.8. The largest absolute Gasteiger partial charge is 0.343 e. The van der Waals surface area contributed by atoms with E-state index in [1.807, 2.05) is 18.1 Å². The molecule has 1 saturated heterocycles. The SMILES string of the molecule is CCc1nsc(N2CCN(C(=O)C(NC)c3cnn(C)c3)CC2)n1. The number of rotatable bonds is 5. The van der Waals surface area contributed by atoms with Crippen molar-refractivity contribution in [3.05, 3.63) is 23.8 Å². The number of amides is 1. The Balaban J connectivity index is 1.62. The number of anilines is 1. The second kappa shape index (κ2) is 7.27. The second-order valence-electron chi connectivity index (χ2n) is 5.83. The van der Waals surface area contributed by atoms with Gasteiger partial charge in [0.25, 0.3) is 0 Å². The molecule has 2 aromatic heterocycles. The van der Waals surface area contributed by atoms with E-state index >= 15 is 0 Å². The van der Waals surface area contributed by atoms with Gasteiger partial charge in [-0.15, -0.1) is 0 Å². The Kier molecular flexibility index (Phi) is 5.10. The third-order valence-corrected chi connectivity index (χ3v) is 5.04. The van der Waals surface area contributed by atoms with Crippen LogP contribution >= 0.6 is 11.5 Å². The van der Waals surface area contributed by atoms with E-state index < -0.39 is 0 Å². The highest BCUT2D eigenvalue weighted by molar-refractivity contribution is 7.09. The summed E-state index contributed by atoms with van der Waals surface area (Å²) < 4.78 is 6.05. The van der Waals surface area contributed by atoms with Crippen LogP contribution in [0.1, 0.15) is 24.4 Å². The number of piperazine rings is 1. The van der Waals surface area contributed by atoms with Crippen LogP contribution in [0.15, 0.2) is 12.4 Å². The molecule has 1 atom stereocenters. The summed E-state index contributed by atoms with van der Waals surface area (Å²) in [7, 11) is 3.66. The predicted molar refractivity (Wildman–Crippen MR) is 93.1 cm³/mol. The fraction of sp³-hybridized carbons (Fsp3) is 0.600. The van der Waals surface area contributed by atoms with Crippen molar-refractivity contribution in [2.75, 3.05) is 38.1 Å². The molecule has 9 heteroatoms. The quantitative estimate of drug-likeness (QED) is 0.844. The van der Waals surface area contributed by atoms with Crippen molar-refractivity contribution in [3.8, 4) is 0 Å². The number of hydrogen-bond donors (Lipinski definition) is 1. The maximum absolute atomic E-state index is 12.8. The van der Waals surface area contributed by atoms with E-state index in [0.717, 1.165) is 36.0 Å². The van der Waals surface area contributed by atoms with Crippen LogP contribution in [0.4, 0.5) is 5.13 Å². The lowest BCUT2D eigenvalue weighted by Crippen LogP contribution is -2.51. The zero-order valence-corrected chi connectivity index (χ0v) is 15.1. The van der Waals surface area contributed by atoms with Gasteiger partial charge in [0.1, 0.15) is 11.9 Å². The van der Waals surface area contributed by atoms with Gasteiger partial charge in [-0.25, -0.2) is 4.98 Å². The van der Waals surface area contributed by atoms with Gasteiger partial charge in [0, 0.05) is 62.9 Å². The van der Waals surface area contributed by atoms with Crippen LogP contribution in [0, 0.1) is 0 Å². The summed E-state index contributed by atoms with van der Waals surface area (Å²) in [6.45, 7) is 5.01. The number of likely N-dealkylation sites (N-methyl/N-ethyl adjacent to an activating group) is 1. The smallest absolute Gasteiger partial charge is 0.244 e. The number of hydrogen-bond acceptors (Lipinski definition) is 7. The first-order chi connectivity index (χ1) is 11.6. The Bertz CT molecular complexity index is 690. The lowest BCUT2D eigenvalue weighted by atomic mass is 10.1. The Morgan fingerprint density at radius 1 is 1.38 bits per heavy atom. The Hall–Kier alpha value is -2.00. The van der Waals surface area contributed by atoms with Gasteiger partial charge in [-0.3, -0.25) is 9.48 Å². The highest BCUT2D eigenvalue weighted by Crippen LogP contribution is 2.21. The van der Waals surface area contributed by atoms with Gasteiger partial charge < -0.3 is 15.1 Å². The van der Waals surface area contributed by atoms with Gasteiger partial charge in [-0.05, 0) is 7.05 Å². The second-order valence-corrected chi connectivity index (χ2v) is 6.56. The number of carbonyl (C=O) groups excluding carboxylic acids is 1. The number of aromatic nitrogens is 4. The van der Waals surface area contributed by atoms with Crippen LogP contribution in [0.2, 0.25) is 0 Å². The first kappa shape index (κ1) is 16.8. The van der Waals surface area contributed by atoms with Crippen molar-refractivity contribution in [2.45, 2.75) is 19.4 Å². The molecular formula is C15H23N7OS. The monoisotopic (exact) mass is 349 g/mol. The number of nitrogens with one attached hydrogen (secondary N) is 1. The highest BCUT2D eigenvalue weighted by atomic mass is 32.1. The zero-order chi connectivity index (χ0) is 17.1. The Morgan fingerprint density at radius 2 is 2.12 bits per heavy atom. The molecule has 24 heavy (non-hydrogen) atoms. The minimum atomic E-state index is -0.349. The maximum Gasteiger partial charge on any atom is 0.244 e. The molecule has 1 aliphatic rings. The average Bonchev–Trinajstić information content (AvgIpc) is 3.25. The lowest BCUT2D eigenvalue weighted by molar-refractivity contribution is -0.133. The van der Waals surface area contributed by atoms with Gasteiger partial charge in [0.2, 0.25) is 11.0 Å². The number of carbonyl (C=O) groups is 1. The standard InChI is InChI=1S/C15H23N7OS/c1-4-12-18-15(24-19-12)22-7-5-21(6-8-22)14(23)13(16-2)11-9-17-20(3)10-11/h9-10,13,16H,4-8H2,1-3H3. The molecule has 2 aromatic rings. The summed E-state index contributed by atoms with van der Waals surface area (Å²) in [5.41, 5.74) is 0.893. The summed E-state index contributed by atoms with van der Waals surface area (Å²) in [6, 6.07) is -0.349. The van der Waals surface area contributed by atoms with Crippen molar-refractivity contribution in [1.29, 1.82) is 0 Å². The highest BCUT2D eigenvalue weighted by Gasteiger charge is 2.29. The minimum Gasteiger partial charge on any atom is -0.343 e. The molecule has 1 fully saturated rings. The van der Waals surface area contributed by atoms with Gasteiger partial charge in [-0.1, -0.05) is 6.92 Å². The van der Waals surface area contributed by atoms with Crippen LogP contribution in [-0.2, 0) is 18.3 Å². The van der Waals surface area contributed by atoms with E-state index in [4.69, 9.17) is 0 Å². The van der Waals surface area contributed by atoms with E-state index in [1.165, 1.54) is 11.5 Å². The van der Waals surface area contributed by atoms with Crippen LogP contribution < -0.4 is 10.2 Å². The summed E-state index contributed by atoms with van der Waals surface area (Å²) in [4.78, 5) is 21.5. The fourth-order valence-corrected chi connectivity index (χ4v) is 3.64. The summed E-state index contributed by atoms with van der Waals surface area (Å²) >= 11 is 1.44. The molecule has 0 spiro atoms. The van der Waals surface area contributed by atoms with Crippen molar-refractivity contribution in [3.63, 3.8) is 0 Å². The minimum absolute atomic E-state index is 0.0941. The molecule has 1 aliphatic heterocycles. The van der Waals surface area contributed by atoms with Gasteiger partial charge in [0.05, 0.1) is 6.20 Å². The molecule has 0 aromatic carbocycles. The number of nitrogens with zero attached hydrogens (tertiary/aromatic N) is 6. The van der Waals surface area contributed by atoms with Crippen LogP contribution in [0.25, 0.3) is 0 Å². The first-order valence-electron chi connectivity index (χ1n) is 8.14. The molecular weight excluding hydrogens is 326 g/mol. The van der Waals surface area contributed by atoms with Crippen molar-refractivity contribution >= 4 is 22.6 Å². The lowest BCUT2D eigenvalue weighted by Gasteiger charge is -2.36. The molecule has 0 radical (unpaired) electrons. The Morgan fingerprint density at radius 3 is 2.67 bits per heavy atom. The molecule has 1 unspecified atom stereocenters. The molecule has 3 heterocycles. The van der Waals surface area contributed by atoms with Crippen molar-refractivity contribution < 1.29 is 4.79 Å². The molecule has 130 valence electrons. The summed E-state index contributed by atoms with van der Waals surface area (Å²) in [6.07, 6.45) is 4.47. The topological polar surface area (TPSA) is 79.2 Å². The van der Waals surface area contributed by atoms with Crippen LogP contribution in [0.5, 0.6) is 0 Å². The third kappa shape index (κ3) is 3.41. The zero-order valence-electron chi connectivity index (χ0n) is 14.3. The third-order valence-electron chi connectivity index (χ3n) is 4.23. The molecule has 0 saturated carbocycles. The summed E-state index contributed by atoms with van der Waals surface area (Å²) in [5, 5.41) is 8.22. The molecule has 1 amide bonds. The van der Waals surface area contributed by atoms with E-state index in [-0.39, 0.29) is 11.9 Å². The fourth-order valence-electron chi connectivity index (χ4n) is 2.84. The Labute approximate surface area is 145 Å². The van der Waals surface area contributed by atoms with Gasteiger partial charge in [-0.2, -0.15) is 9.47 Å². The average molecular weight is 349 g/mol. The molecule has 8 nitrogen and oxygen atoms in total. The molecule has 1 N–H and O–H groups in total. The van der Waals surface area contributed by atoms with Crippen LogP contribution in [-0.4, -0.2) is 63.2 Å². The first-order valence-corrected chi connectivity index (χ1v) is 8.91. The predicted octanol–water partition coefficient (Wildman–Crippen LogP) is 0.443. The van der Waals surface area contributed by atoms with E-state index in [2.05, 4.69) is 31.6 Å². The van der Waals surface area contributed by atoms with Crippen molar-refractivity contribution in [1.82, 2.24) is 29.4 Å². The molecule has 0 aliphatic carbocycles. The van der Waals surface area contributed by atoms with Gasteiger partial charge >= 0.3 is 0 Å². The van der Waals surface area contributed by atoms with Gasteiger partial charge in [0.15, 0.2) is 0 Å². The van der Waals surface area contributed by atoms with Crippen molar-refractivity contribution in [2.24, 2.45) is 7.05 Å². The van der Waals surface area contributed by atoms with E-state index in [9.17, 15) is 4.79 Å². The van der Waals surface area contributed by atoms with E-state index in [1.54, 1.807) is 17.9 Å².